The van der Waals surface area contributed by atoms with Crippen LogP contribution in [0, 0.1) is 0 Å². The minimum absolute atomic E-state index is 0.0163. The zero-order chi connectivity index (χ0) is 19.9. The van der Waals surface area contributed by atoms with Crippen molar-refractivity contribution < 1.29 is 14.3 Å². The second kappa shape index (κ2) is 9.56. The van der Waals surface area contributed by atoms with Gasteiger partial charge in [-0.2, -0.15) is 0 Å². The number of Topliss-reactive ketones (excluding diaryl/α,β-unsaturated/α-hetero) is 1. The molecule has 0 aromatic heterocycles. The Hall–Kier alpha value is -2.59. The van der Waals surface area contributed by atoms with Gasteiger partial charge < -0.3 is 10.1 Å². The molecule has 28 heavy (non-hydrogen) atoms. The summed E-state index contributed by atoms with van der Waals surface area (Å²) in [6.07, 6.45) is 5.54. The second-order valence-corrected chi connectivity index (χ2v) is 7.36. The minimum Gasteiger partial charge on any atom is -0.420 e. The number of ketones is 1. The van der Waals surface area contributed by atoms with Crippen molar-refractivity contribution in [3.63, 3.8) is 0 Å². The molecule has 0 amide bonds. The molecule has 1 saturated carbocycles. The van der Waals surface area contributed by atoms with Gasteiger partial charge in [0.1, 0.15) is 0 Å². The van der Waals surface area contributed by atoms with Crippen LogP contribution in [0.3, 0.4) is 0 Å². The van der Waals surface area contributed by atoms with Gasteiger partial charge in [0.05, 0.1) is 10.7 Å². The third-order valence-electron chi connectivity index (χ3n) is 4.81. The minimum atomic E-state index is -0.547. The summed E-state index contributed by atoms with van der Waals surface area (Å²) in [6.45, 7) is 1.29. The predicted molar refractivity (Wildman–Crippen MR) is 111 cm³/mol. The van der Waals surface area contributed by atoms with Crippen LogP contribution >= 0.6 is 11.6 Å². The maximum atomic E-state index is 13.3. The highest BCUT2D eigenvalue weighted by molar-refractivity contribution is 6.35. The lowest BCUT2D eigenvalue weighted by Gasteiger charge is -2.26. The van der Waals surface area contributed by atoms with Gasteiger partial charge >= 0.3 is 5.97 Å². The monoisotopic (exact) mass is 397 g/mol. The Morgan fingerprint density at radius 1 is 0.964 bits per heavy atom. The number of rotatable bonds is 6. The molecular weight excluding hydrogens is 374 g/mol. The van der Waals surface area contributed by atoms with Crippen LogP contribution in [0.2, 0.25) is 5.02 Å². The Kier molecular flexibility index (Phi) is 6.88. The van der Waals surface area contributed by atoms with E-state index >= 15 is 0 Å². The van der Waals surface area contributed by atoms with Crippen LogP contribution < -0.4 is 5.32 Å². The molecule has 2 aromatic rings. The first-order valence-corrected chi connectivity index (χ1v) is 9.98. The van der Waals surface area contributed by atoms with E-state index in [2.05, 4.69) is 5.32 Å². The Morgan fingerprint density at radius 2 is 1.61 bits per heavy atom. The fraction of sp³-hybridized carbons (Fsp3) is 0.304. The summed E-state index contributed by atoms with van der Waals surface area (Å²) in [5.74, 6) is -0.977. The molecule has 0 saturated heterocycles. The number of halogens is 1. The van der Waals surface area contributed by atoms with Crippen LogP contribution in [-0.2, 0) is 9.53 Å². The average molecular weight is 398 g/mol. The maximum Gasteiger partial charge on any atom is 0.308 e. The molecule has 0 unspecified atom stereocenters. The van der Waals surface area contributed by atoms with Crippen LogP contribution in [0.4, 0.5) is 0 Å². The molecule has 146 valence electrons. The van der Waals surface area contributed by atoms with E-state index in [0.717, 1.165) is 31.2 Å². The number of ether oxygens (including phenoxy) is 1. The number of hydrogen-bond acceptors (Lipinski definition) is 4. The van der Waals surface area contributed by atoms with E-state index in [4.69, 9.17) is 16.3 Å². The highest BCUT2D eigenvalue weighted by Crippen LogP contribution is 2.27. The molecule has 1 aliphatic carbocycles. The molecule has 2 aromatic carbocycles. The molecule has 1 aliphatic rings. The Balaban J connectivity index is 2.10. The van der Waals surface area contributed by atoms with Crippen molar-refractivity contribution in [2.24, 2.45) is 0 Å². The molecule has 3 rings (SSSR count). The zero-order valence-electron chi connectivity index (χ0n) is 15.9. The second-order valence-electron chi connectivity index (χ2n) is 6.95. The summed E-state index contributed by atoms with van der Waals surface area (Å²) >= 11 is 6.24. The van der Waals surface area contributed by atoms with Crippen molar-refractivity contribution in [1.29, 1.82) is 0 Å². The number of benzene rings is 2. The quantitative estimate of drug-likeness (QED) is 0.308. The Bertz CT molecular complexity index is 870. The first-order chi connectivity index (χ1) is 13.6. The zero-order valence-corrected chi connectivity index (χ0v) is 16.7. The molecule has 0 aliphatic heterocycles. The molecule has 0 spiro atoms. The van der Waals surface area contributed by atoms with E-state index in [1.807, 2.05) is 30.3 Å². The van der Waals surface area contributed by atoms with Crippen LogP contribution in [0.5, 0.6) is 0 Å². The van der Waals surface area contributed by atoms with Crippen molar-refractivity contribution in [2.45, 2.75) is 45.1 Å². The van der Waals surface area contributed by atoms with E-state index in [1.54, 1.807) is 24.3 Å². The third kappa shape index (κ3) is 5.02. The maximum absolute atomic E-state index is 13.3. The highest BCUT2D eigenvalue weighted by atomic mass is 35.5. The van der Waals surface area contributed by atoms with Crippen LogP contribution in [0.25, 0.3) is 5.70 Å². The molecule has 0 heterocycles. The molecule has 1 fully saturated rings. The number of hydrogen-bond donors (Lipinski definition) is 1. The summed E-state index contributed by atoms with van der Waals surface area (Å²) in [5.41, 5.74) is 1.64. The van der Waals surface area contributed by atoms with Gasteiger partial charge in [-0.3, -0.25) is 9.59 Å². The summed E-state index contributed by atoms with van der Waals surface area (Å²) in [5, 5.41) is 3.81. The SMILES string of the molecule is CC(=O)O/C(C(=O)c1ccccc1Cl)=C(/NC1CCCCC1)c1ccccc1. The summed E-state index contributed by atoms with van der Waals surface area (Å²) in [7, 11) is 0. The highest BCUT2D eigenvalue weighted by Gasteiger charge is 2.26. The number of esters is 1. The summed E-state index contributed by atoms with van der Waals surface area (Å²) in [6, 6.07) is 16.5. The van der Waals surface area contributed by atoms with Crippen LogP contribution in [0.1, 0.15) is 54.9 Å². The van der Waals surface area contributed by atoms with Crippen molar-refractivity contribution in [2.75, 3.05) is 0 Å². The van der Waals surface area contributed by atoms with Crippen molar-refractivity contribution >= 4 is 29.1 Å². The molecule has 0 atom stereocenters. The van der Waals surface area contributed by atoms with Gasteiger partial charge in [0, 0.05) is 24.1 Å². The molecule has 0 bridgehead atoms. The van der Waals surface area contributed by atoms with Crippen molar-refractivity contribution in [3.05, 3.63) is 76.5 Å². The Labute approximate surface area is 170 Å². The number of nitrogens with one attached hydrogen (secondary N) is 1. The van der Waals surface area contributed by atoms with Gasteiger partial charge in [-0.1, -0.05) is 73.3 Å². The number of allylic oxidation sites excluding steroid dienone is 1. The smallest absolute Gasteiger partial charge is 0.308 e. The third-order valence-corrected chi connectivity index (χ3v) is 5.14. The lowest BCUT2D eigenvalue weighted by Crippen LogP contribution is -2.32. The average Bonchev–Trinajstić information content (AvgIpc) is 2.72. The Morgan fingerprint density at radius 3 is 2.25 bits per heavy atom. The van der Waals surface area contributed by atoms with Gasteiger partial charge in [0.15, 0.2) is 0 Å². The number of carbonyl (C=O) groups is 2. The van der Waals surface area contributed by atoms with Crippen LogP contribution in [0.15, 0.2) is 60.4 Å². The van der Waals surface area contributed by atoms with E-state index in [0.29, 0.717) is 16.3 Å². The topological polar surface area (TPSA) is 55.4 Å². The lowest BCUT2D eigenvalue weighted by molar-refractivity contribution is -0.136. The first-order valence-electron chi connectivity index (χ1n) is 9.60. The van der Waals surface area contributed by atoms with E-state index in [9.17, 15) is 9.59 Å². The van der Waals surface area contributed by atoms with E-state index < -0.39 is 11.8 Å². The normalized spacial score (nSPS) is 15.5. The van der Waals surface area contributed by atoms with Crippen molar-refractivity contribution in [1.82, 2.24) is 5.32 Å². The van der Waals surface area contributed by atoms with Gasteiger partial charge in [-0.05, 0) is 25.0 Å². The fourth-order valence-corrected chi connectivity index (χ4v) is 3.68. The van der Waals surface area contributed by atoms with Gasteiger partial charge in [-0.25, -0.2) is 0 Å². The molecular formula is C23H24ClNO3. The van der Waals surface area contributed by atoms with E-state index in [-0.39, 0.29) is 11.8 Å². The van der Waals surface area contributed by atoms with Crippen LogP contribution in [-0.4, -0.2) is 17.8 Å². The van der Waals surface area contributed by atoms with E-state index in [1.165, 1.54) is 13.3 Å². The van der Waals surface area contributed by atoms with Gasteiger partial charge in [0.2, 0.25) is 11.5 Å². The molecule has 4 nitrogen and oxygen atoms in total. The number of carbonyl (C=O) groups excluding carboxylic acids is 2. The van der Waals surface area contributed by atoms with Gasteiger partial charge in [0.25, 0.3) is 0 Å². The standard InChI is InChI=1S/C23H24ClNO3/c1-16(26)28-23(22(27)19-14-8-9-15-20(19)24)21(17-10-4-2-5-11-17)25-18-12-6-3-7-13-18/h2,4-5,8-11,14-15,18,25H,3,6-7,12-13H2,1H3/b23-21+. The lowest BCUT2D eigenvalue weighted by atomic mass is 9.94. The summed E-state index contributed by atoms with van der Waals surface area (Å²) in [4.78, 5) is 25.1. The van der Waals surface area contributed by atoms with Gasteiger partial charge in [-0.15, -0.1) is 0 Å². The fourth-order valence-electron chi connectivity index (χ4n) is 3.46. The molecule has 1 N–H and O–H groups in total. The first kappa shape index (κ1) is 20.2. The summed E-state index contributed by atoms with van der Waals surface area (Å²) < 4.78 is 5.45. The predicted octanol–water partition coefficient (Wildman–Crippen LogP) is 5.38. The molecule has 0 radical (unpaired) electrons. The molecule has 5 heteroatoms. The largest absolute Gasteiger partial charge is 0.420 e. The van der Waals surface area contributed by atoms with Crippen molar-refractivity contribution in [3.8, 4) is 0 Å².